The van der Waals surface area contributed by atoms with E-state index in [2.05, 4.69) is 13.8 Å². The minimum atomic E-state index is -0.424. The maximum Gasteiger partial charge on any atom is 0.338 e. The van der Waals surface area contributed by atoms with Gasteiger partial charge < -0.3 is 9.47 Å². The van der Waals surface area contributed by atoms with E-state index >= 15 is 0 Å². The molecule has 138 valence electrons. The molecule has 2 atom stereocenters. The van der Waals surface area contributed by atoms with Crippen LogP contribution < -0.4 is 4.90 Å². The second kappa shape index (κ2) is 7.41. The predicted molar refractivity (Wildman–Crippen MR) is 95.7 cm³/mol. The van der Waals surface area contributed by atoms with E-state index in [1.807, 2.05) is 0 Å². The Kier molecular flexibility index (Phi) is 5.23. The van der Waals surface area contributed by atoms with Crippen LogP contribution in [0, 0.1) is 5.92 Å². The normalized spacial score (nSPS) is 24.7. The molecule has 0 aromatic heterocycles. The molecular weight excluding hydrogens is 334 g/mol. The first kappa shape index (κ1) is 18.3. The summed E-state index contributed by atoms with van der Waals surface area (Å²) in [6.45, 7) is 5.33. The van der Waals surface area contributed by atoms with Crippen molar-refractivity contribution in [2.24, 2.45) is 5.92 Å². The number of carbonyl (C=O) groups excluding carboxylic acids is 3. The van der Waals surface area contributed by atoms with Crippen LogP contribution in [-0.2, 0) is 19.1 Å². The lowest BCUT2D eigenvalue weighted by atomic mass is 9.76. The molecule has 0 bridgehead atoms. The summed E-state index contributed by atoms with van der Waals surface area (Å²) < 4.78 is 11.2. The second-order valence-corrected chi connectivity index (χ2v) is 6.61. The van der Waals surface area contributed by atoms with Crippen LogP contribution in [0.5, 0.6) is 0 Å². The Balaban J connectivity index is 1.55. The Morgan fingerprint density at radius 3 is 2.35 bits per heavy atom. The molecule has 1 aromatic rings. The minimum Gasteiger partial charge on any atom is -0.462 e. The van der Waals surface area contributed by atoms with Crippen molar-refractivity contribution < 1.29 is 23.9 Å². The first-order valence-corrected chi connectivity index (χ1v) is 8.98. The van der Waals surface area contributed by atoms with E-state index in [1.54, 1.807) is 24.3 Å². The molecule has 6 nitrogen and oxygen atoms in total. The van der Waals surface area contributed by atoms with Gasteiger partial charge >= 0.3 is 5.97 Å². The number of nitrogens with zero attached hydrogens (tertiary/aromatic N) is 1. The third kappa shape index (κ3) is 3.29. The molecule has 0 N–H and O–H groups in total. The number of imide groups is 1. The van der Waals surface area contributed by atoms with E-state index in [0.717, 1.165) is 24.3 Å². The zero-order chi connectivity index (χ0) is 18.7. The highest BCUT2D eigenvalue weighted by Gasteiger charge is 2.45. The van der Waals surface area contributed by atoms with Crippen molar-refractivity contribution in [3.05, 3.63) is 42.0 Å². The second-order valence-electron chi connectivity index (χ2n) is 6.61. The summed E-state index contributed by atoms with van der Waals surface area (Å²) in [5.41, 5.74) is 0.649. The molecule has 1 fully saturated rings. The van der Waals surface area contributed by atoms with E-state index in [0.29, 0.717) is 30.2 Å². The smallest absolute Gasteiger partial charge is 0.338 e. The zero-order valence-corrected chi connectivity index (χ0v) is 15.1. The molecule has 0 saturated carbocycles. The van der Waals surface area contributed by atoms with E-state index in [9.17, 15) is 14.4 Å². The number of rotatable bonds is 7. The quantitative estimate of drug-likeness (QED) is 0.554. The highest BCUT2D eigenvalue weighted by molar-refractivity contribution is 6.28. The highest BCUT2D eigenvalue weighted by Crippen LogP contribution is 2.41. The van der Waals surface area contributed by atoms with E-state index in [1.165, 1.54) is 12.2 Å². The third-order valence-corrected chi connectivity index (χ3v) is 5.34. The van der Waals surface area contributed by atoms with Crippen LogP contribution in [0.4, 0.5) is 5.69 Å². The number of carbonyl (C=O) groups is 3. The van der Waals surface area contributed by atoms with Gasteiger partial charge in [-0.15, -0.1) is 0 Å². The van der Waals surface area contributed by atoms with Crippen molar-refractivity contribution in [1.29, 1.82) is 0 Å². The lowest BCUT2D eigenvalue weighted by Crippen LogP contribution is -2.53. The molecule has 26 heavy (non-hydrogen) atoms. The van der Waals surface area contributed by atoms with Crippen molar-refractivity contribution >= 4 is 23.5 Å². The van der Waals surface area contributed by atoms with Crippen LogP contribution >= 0.6 is 0 Å². The SMILES string of the molecule is CCC1COC1(CC)CCOC(=O)c1ccc(N2C(=O)C=CC2=O)cc1. The Labute approximate surface area is 152 Å². The molecule has 2 aliphatic heterocycles. The molecule has 2 amide bonds. The predicted octanol–water partition coefficient (Wildman–Crippen LogP) is 2.87. The molecule has 0 aliphatic carbocycles. The number of hydrogen-bond acceptors (Lipinski definition) is 5. The van der Waals surface area contributed by atoms with Gasteiger partial charge in [-0.2, -0.15) is 0 Å². The molecular formula is C20H23NO5. The summed E-state index contributed by atoms with van der Waals surface area (Å²) in [5.74, 6) is -0.677. The van der Waals surface area contributed by atoms with Crippen LogP contribution in [0.3, 0.4) is 0 Å². The minimum absolute atomic E-state index is 0.164. The van der Waals surface area contributed by atoms with Crippen LogP contribution in [0.2, 0.25) is 0 Å². The van der Waals surface area contributed by atoms with Gasteiger partial charge in [0.15, 0.2) is 0 Å². The topological polar surface area (TPSA) is 72.9 Å². The molecule has 2 aliphatic rings. The van der Waals surface area contributed by atoms with Crippen LogP contribution in [0.1, 0.15) is 43.5 Å². The summed E-state index contributed by atoms with van der Waals surface area (Å²) in [6.07, 6.45) is 5.10. The number of hydrogen-bond donors (Lipinski definition) is 0. The van der Waals surface area contributed by atoms with Gasteiger partial charge in [0.2, 0.25) is 0 Å². The lowest BCUT2D eigenvalue weighted by Gasteiger charge is -2.49. The summed E-state index contributed by atoms with van der Waals surface area (Å²) in [5, 5.41) is 0. The highest BCUT2D eigenvalue weighted by atomic mass is 16.5. The molecule has 1 aromatic carbocycles. The van der Waals surface area contributed by atoms with E-state index < -0.39 is 5.97 Å². The summed E-state index contributed by atoms with van der Waals surface area (Å²) in [4.78, 5) is 36.6. The van der Waals surface area contributed by atoms with Gasteiger partial charge in [0, 0.05) is 24.5 Å². The standard InChI is InChI=1S/C20H23NO5/c1-3-15-13-26-20(15,4-2)11-12-25-19(24)14-5-7-16(8-6-14)21-17(22)9-10-18(21)23/h5-10,15H,3-4,11-13H2,1-2H3. The maximum atomic E-state index is 12.2. The van der Waals surface area contributed by atoms with Crippen molar-refractivity contribution in [3.63, 3.8) is 0 Å². The third-order valence-electron chi connectivity index (χ3n) is 5.34. The van der Waals surface area contributed by atoms with Crippen LogP contribution in [0.15, 0.2) is 36.4 Å². The fraction of sp³-hybridized carbons (Fsp3) is 0.450. The number of ether oxygens (including phenoxy) is 2. The fourth-order valence-corrected chi connectivity index (χ4v) is 3.57. The monoisotopic (exact) mass is 357 g/mol. The molecule has 0 spiro atoms. The van der Waals surface area contributed by atoms with E-state index in [-0.39, 0.29) is 17.4 Å². The summed E-state index contributed by atoms with van der Waals surface area (Å²) in [7, 11) is 0. The van der Waals surface area contributed by atoms with Gasteiger partial charge in [-0.25, -0.2) is 9.69 Å². The molecule has 1 saturated heterocycles. The van der Waals surface area contributed by atoms with Gasteiger partial charge in [0.25, 0.3) is 11.8 Å². The van der Waals surface area contributed by atoms with Crippen molar-refractivity contribution in [2.75, 3.05) is 18.1 Å². The molecule has 6 heteroatoms. The number of benzene rings is 1. The Hall–Kier alpha value is -2.47. The van der Waals surface area contributed by atoms with Gasteiger partial charge in [0.05, 0.1) is 30.1 Å². The summed E-state index contributed by atoms with van der Waals surface area (Å²) in [6, 6.07) is 6.24. The lowest BCUT2D eigenvalue weighted by molar-refractivity contribution is -0.213. The largest absolute Gasteiger partial charge is 0.462 e. The van der Waals surface area contributed by atoms with Crippen molar-refractivity contribution in [3.8, 4) is 0 Å². The number of esters is 1. The Morgan fingerprint density at radius 2 is 1.85 bits per heavy atom. The Bertz CT molecular complexity index is 715. The van der Waals surface area contributed by atoms with Gasteiger partial charge in [0.1, 0.15) is 0 Å². The van der Waals surface area contributed by atoms with Crippen LogP contribution in [0.25, 0.3) is 0 Å². The first-order valence-electron chi connectivity index (χ1n) is 8.98. The van der Waals surface area contributed by atoms with Crippen molar-refractivity contribution in [1.82, 2.24) is 0 Å². The number of anilines is 1. The molecule has 3 rings (SSSR count). The average Bonchev–Trinajstić information content (AvgIpc) is 2.96. The molecule has 2 unspecified atom stereocenters. The molecule has 2 heterocycles. The fourth-order valence-electron chi connectivity index (χ4n) is 3.57. The first-order chi connectivity index (χ1) is 12.5. The maximum absolute atomic E-state index is 12.2. The summed E-state index contributed by atoms with van der Waals surface area (Å²) >= 11 is 0. The zero-order valence-electron chi connectivity index (χ0n) is 15.1. The van der Waals surface area contributed by atoms with Crippen molar-refractivity contribution in [2.45, 2.75) is 38.7 Å². The van der Waals surface area contributed by atoms with Gasteiger partial charge in [-0.05, 0) is 37.1 Å². The van der Waals surface area contributed by atoms with E-state index in [4.69, 9.17) is 9.47 Å². The Morgan fingerprint density at radius 1 is 1.19 bits per heavy atom. The van der Waals surface area contributed by atoms with Gasteiger partial charge in [-0.3, -0.25) is 9.59 Å². The van der Waals surface area contributed by atoms with Gasteiger partial charge in [-0.1, -0.05) is 13.8 Å². The average molecular weight is 357 g/mol. The molecule has 0 radical (unpaired) electrons. The van der Waals surface area contributed by atoms with Crippen LogP contribution in [-0.4, -0.2) is 36.6 Å². The number of amides is 2.